The molecule has 3 aromatic rings. The van der Waals surface area contributed by atoms with Crippen LogP contribution in [0, 0.1) is 5.82 Å². The molecule has 11 heteroatoms. The first-order chi connectivity index (χ1) is 18.4. The van der Waals surface area contributed by atoms with E-state index in [2.05, 4.69) is 10.2 Å². The van der Waals surface area contributed by atoms with Gasteiger partial charge in [0.25, 0.3) is 0 Å². The summed E-state index contributed by atoms with van der Waals surface area (Å²) in [5.74, 6) is -0.0384. The van der Waals surface area contributed by atoms with Crippen molar-refractivity contribution in [3.05, 3.63) is 88.0 Å². The van der Waals surface area contributed by atoms with Crippen LogP contribution in [0.1, 0.15) is 11.3 Å². The smallest absolute Gasteiger partial charge is 0.322 e. The monoisotopic (exact) mass is 562 g/mol. The molecule has 1 N–H and O–H groups in total. The number of anilines is 1. The molecule has 8 nitrogen and oxygen atoms in total. The number of ether oxygens (including phenoxy) is 1. The number of urea groups is 1. The molecule has 38 heavy (non-hydrogen) atoms. The van der Waals surface area contributed by atoms with Gasteiger partial charge >= 0.3 is 6.03 Å². The Morgan fingerprint density at radius 2 is 1.74 bits per heavy atom. The molecule has 1 fully saturated rings. The van der Waals surface area contributed by atoms with E-state index < -0.39 is 6.03 Å². The fraction of sp³-hybridized carbons (Fsp3) is 0.333. The molecule has 0 atom stereocenters. The Hall–Kier alpha value is -3.11. The van der Waals surface area contributed by atoms with Gasteiger partial charge in [0, 0.05) is 38.4 Å². The van der Waals surface area contributed by atoms with Gasteiger partial charge in [-0.15, -0.1) is 0 Å². The summed E-state index contributed by atoms with van der Waals surface area (Å²) in [4.78, 5) is 32.1. The number of furan rings is 1. The third-order valence-corrected chi connectivity index (χ3v) is 6.88. The number of hydrogen-bond donors (Lipinski definition) is 1. The van der Waals surface area contributed by atoms with Crippen LogP contribution in [0.2, 0.25) is 10.0 Å². The topological polar surface area (TPSA) is 78.3 Å². The maximum Gasteiger partial charge on any atom is 0.322 e. The Balaban J connectivity index is 1.50. The fourth-order valence-electron chi connectivity index (χ4n) is 4.01. The normalized spacial score (nSPS) is 13.8. The second-order valence-electron chi connectivity index (χ2n) is 8.89. The molecule has 0 unspecified atom stereocenters. The standard InChI is InChI=1S/C27H29Cl2FN4O4/c28-24-8-7-22(16-25(24)29)31-27(36)33(10-9-32-11-14-37-15-12-32)19-26(35)34(18-23-2-1-13-38-23)17-20-3-5-21(30)6-4-20/h1-8,13,16H,9-12,14-15,17-19H2,(H,31,36). The van der Waals surface area contributed by atoms with Crippen LogP contribution in [0.3, 0.4) is 0 Å². The highest BCUT2D eigenvalue weighted by Crippen LogP contribution is 2.25. The fourth-order valence-corrected chi connectivity index (χ4v) is 4.31. The molecule has 0 saturated carbocycles. The predicted molar refractivity (Wildman–Crippen MR) is 144 cm³/mol. The van der Waals surface area contributed by atoms with Crippen LogP contribution in [0.4, 0.5) is 14.9 Å². The van der Waals surface area contributed by atoms with E-state index in [0.717, 1.165) is 18.7 Å². The average molecular weight is 563 g/mol. The molecule has 0 aliphatic carbocycles. The third-order valence-electron chi connectivity index (χ3n) is 6.14. The van der Waals surface area contributed by atoms with Gasteiger partial charge in [-0.2, -0.15) is 0 Å². The number of amides is 3. The van der Waals surface area contributed by atoms with Crippen LogP contribution in [0.5, 0.6) is 0 Å². The van der Waals surface area contributed by atoms with E-state index in [-0.39, 0.29) is 31.4 Å². The molecule has 4 rings (SSSR count). The predicted octanol–water partition coefficient (Wildman–Crippen LogP) is 5.12. The van der Waals surface area contributed by atoms with Crippen LogP contribution in [-0.2, 0) is 22.6 Å². The van der Waals surface area contributed by atoms with Crippen LogP contribution in [0.25, 0.3) is 0 Å². The first-order valence-electron chi connectivity index (χ1n) is 12.2. The Bertz CT molecular complexity index is 1200. The minimum atomic E-state index is -0.440. The number of hydrogen-bond acceptors (Lipinski definition) is 5. The first kappa shape index (κ1) is 27.9. The van der Waals surface area contributed by atoms with Gasteiger partial charge in [0.1, 0.15) is 18.1 Å². The van der Waals surface area contributed by atoms with Gasteiger partial charge in [0.2, 0.25) is 5.91 Å². The third kappa shape index (κ3) is 8.19. The molecular weight excluding hydrogens is 534 g/mol. The van der Waals surface area contributed by atoms with Crippen LogP contribution in [-0.4, -0.2) is 72.6 Å². The Morgan fingerprint density at radius 1 is 0.974 bits per heavy atom. The van der Waals surface area contributed by atoms with Crippen molar-refractivity contribution in [2.75, 3.05) is 51.3 Å². The number of rotatable bonds is 10. The molecule has 1 aliphatic heterocycles. The Morgan fingerprint density at radius 3 is 2.42 bits per heavy atom. The number of carbonyl (C=O) groups is 2. The van der Waals surface area contributed by atoms with Gasteiger partial charge in [-0.3, -0.25) is 9.69 Å². The van der Waals surface area contributed by atoms with Crippen molar-refractivity contribution in [2.45, 2.75) is 13.1 Å². The van der Waals surface area contributed by atoms with Crippen LogP contribution >= 0.6 is 23.2 Å². The lowest BCUT2D eigenvalue weighted by atomic mass is 10.2. The average Bonchev–Trinajstić information content (AvgIpc) is 3.43. The molecule has 1 saturated heterocycles. The molecule has 0 radical (unpaired) electrons. The molecule has 1 aromatic heterocycles. The Kier molecular flexibility index (Phi) is 10.0. The molecule has 0 spiro atoms. The van der Waals surface area contributed by atoms with Crippen molar-refractivity contribution in [3.8, 4) is 0 Å². The lowest BCUT2D eigenvalue weighted by Gasteiger charge is -2.31. The number of benzene rings is 2. The van der Waals surface area contributed by atoms with Gasteiger partial charge in [0.05, 0.1) is 36.1 Å². The number of nitrogens with zero attached hydrogens (tertiary/aromatic N) is 3. The maximum absolute atomic E-state index is 13.6. The summed E-state index contributed by atoms with van der Waals surface area (Å²) in [5.41, 5.74) is 1.22. The molecule has 2 heterocycles. The van der Waals surface area contributed by atoms with Crippen molar-refractivity contribution in [1.82, 2.24) is 14.7 Å². The highest BCUT2D eigenvalue weighted by molar-refractivity contribution is 6.42. The lowest BCUT2D eigenvalue weighted by molar-refractivity contribution is -0.133. The molecular formula is C27H29Cl2FN4O4. The molecule has 2 aromatic carbocycles. The van der Waals surface area contributed by atoms with E-state index in [0.29, 0.717) is 47.8 Å². The van der Waals surface area contributed by atoms with Crippen molar-refractivity contribution in [1.29, 1.82) is 0 Å². The van der Waals surface area contributed by atoms with Gasteiger partial charge in [-0.25, -0.2) is 9.18 Å². The summed E-state index contributed by atoms with van der Waals surface area (Å²) >= 11 is 12.1. The van der Waals surface area contributed by atoms with Crippen molar-refractivity contribution >= 4 is 40.8 Å². The summed E-state index contributed by atoms with van der Waals surface area (Å²) in [6.07, 6.45) is 1.54. The van der Waals surface area contributed by atoms with Crippen LogP contribution < -0.4 is 5.32 Å². The molecule has 202 valence electrons. The second kappa shape index (κ2) is 13.6. The van der Waals surface area contributed by atoms with E-state index in [4.69, 9.17) is 32.4 Å². The van der Waals surface area contributed by atoms with E-state index in [1.807, 2.05) is 0 Å². The summed E-state index contributed by atoms with van der Waals surface area (Å²) in [5, 5.41) is 3.50. The highest BCUT2D eigenvalue weighted by atomic mass is 35.5. The molecule has 0 bridgehead atoms. The minimum absolute atomic E-state index is 0.167. The molecule has 1 aliphatic rings. The Labute approximate surface area is 230 Å². The van der Waals surface area contributed by atoms with E-state index in [9.17, 15) is 14.0 Å². The largest absolute Gasteiger partial charge is 0.467 e. The van der Waals surface area contributed by atoms with Crippen molar-refractivity contribution in [2.24, 2.45) is 0 Å². The van der Waals surface area contributed by atoms with Crippen molar-refractivity contribution in [3.63, 3.8) is 0 Å². The molecule has 3 amide bonds. The zero-order valence-corrected chi connectivity index (χ0v) is 22.3. The summed E-state index contributed by atoms with van der Waals surface area (Å²) in [7, 11) is 0. The maximum atomic E-state index is 13.6. The van der Waals surface area contributed by atoms with E-state index in [1.54, 1.807) is 47.4 Å². The SMILES string of the molecule is O=C(CN(CCN1CCOCC1)C(=O)Nc1ccc(Cl)c(Cl)c1)N(Cc1ccc(F)cc1)Cc1ccco1. The van der Waals surface area contributed by atoms with Gasteiger partial charge in [0.15, 0.2) is 0 Å². The number of halogens is 3. The van der Waals surface area contributed by atoms with Gasteiger partial charge < -0.3 is 24.3 Å². The first-order valence-corrected chi connectivity index (χ1v) is 13.0. The number of morpholine rings is 1. The quantitative estimate of drug-likeness (QED) is 0.371. The summed E-state index contributed by atoms with van der Waals surface area (Å²) in [6, 6.07) is 13.8. The van der Waals surface area contributed by atoms with Crippen LogP contribution in [0.15, 0.2) is 65.3 Å². The number of carbonyl (C=O) groups excluding carboxylic acids is 2. The summed E-state index contributed by atoms with van der Waals surface area (Å²) in [6.45, 7) is 3.94. The zero-order valence-electron chi connectivity index (χ0n) is 20.7. The van der Waals surface area contributed by atoms with Gasteiger partial charge in [-0.05, 0) is 48.0 Å². The highest BCUT2D eigenvalue weighted by Gasteiger charge is 2.24. The minimum Gasteiger partial charge on any atom is -0.467 e. The second-order valence-corrected chi connectivity index (χ2v) is 9.70. The van der Waals surface area contributed by atoms with Crippen molar-refractivity contribution < 1.29 is 23.1 Å². The zero-order chi connectivity index (χ0) is 26.9. The lowest BCUT2D eigenvalue weighted by Crippen LogP contribution is -2.48. The van der Waals surface area contributed by atoms with E-state index >= 15 is 0 Å². The van der Waals surface area contributed by atoms with E-state index in [1.165, 1.54) is 23.3 Å². The van der Waals surface area contributed by atoms with Gasteiger partial charge in [-0.1, -0.05) is 35.3 Å². The number of nitrogens with one attached hydrogen (secondary N) is 1. The summed E-state index contributed by atoms with van der Waals surface area (Å²) < 4.78 is 24.3.